The van der Waals surface area contributed by atoms with Gasteiger partial charge in [-0.3, -0.25) is 4.79 Å². The van der Waals surface area contributed by atoms with Crippen molar-refractivity contribution in [1.82, 2.24) is 10.2 Å². The molecule has 0 bridgehead atoms. The average Bonchev–Trinajstić information content (AvgIpc) is 2.37. The van der Waals surface area contributed by atoms with Crippen LogP contribution in [-0.2, 0) is 4.79 Å². The van der Waals surface area contributed by atoms with E-state index in [0.717, 1.165) is 0 Å². The second kappa shape index (κ2) is 7.95. The van der Waals surface area contributed by atoms with Crippen molar-refractivity contribution in [2.75, 3.05) is 33.8 Å². The number of hydrogen-bond donors (Lipinski definition) is 2. The van der Waals surface area contributed by atoms with Crippen LogP contribution in [0.3, 0.4) is 0 Å². The minimum Gasteiger partial charge on any atom is -0.490 e. The first-order valence-electron chi connectivity index (χ1n) is 6.81. The number of para-hydroxylation sites is 1. The van der Waals surface area contributed by atoms with Crippen LogP contribution < -0.4 is 10.1 Å². The molecule has 0 aliphatic rings. The summed E-state index contributed by atoms with van der Waals surface area (Å²) in [5, 5.41) is 12.7. The van der Waals surface area contributed by atoms with E-state index in [-0.39, 0.29) is 31.2 Å². The number of halogens is 1. The highest BCUT2D eigenvalue weighted by Crippen LogP contribution is 2.15. The van der Waals surface area contributed by atoms with Crippen molar-refractivity contribution in [1.29, 1.82) is 0 Å². The quantitative estimate of drug-likeness (QED) is 0.752. The first kappa shape index (κ1) is 17.4. The Morgan fingerprint density at radius 1 is 1.43 bits per heavy atom. The van der Waals surface area contributed by atoms with Crippen molar-refractivity contribution >= 4 is 5.91 Å². The highest BCUT2D eigenvalue weighted by molar-refractivity contribution is 5.76. The number of amides is 1. The van der Waals surface area contributed by atoms with Gasteiger partial charge in [-0.25, -0.2) is 4.39 Å². The monoisotopic (exact) mass is 298 g/mol. The lowest BCUT2D eigenvalue weighted by atomic mass is 10.1. The van der Waals surface area contributed by atoms with Crippen molar-refractivity contribution in [2.45, 2.75) is 18.9 Å². The number of nitrogens with zero attached hydrogens (tertiary/aromatic N) is 1. The molecule has 5 nitrogen and oxygen atoms in total. The fourth-order valence-corrected chi connectivity index (χ4v) is 1.93. The molecule has 0 saturated carbocycles. The first-order valence-corrected chi connectivity index (χ1v) is 6.81. The summed E-state index contributed by atoms with van der Waals surface area (Å²) < 4.78 is 18.5. The number of ether oxygens (including phenoxy) is 1. The highest BCUT2D eigenvalue weighted by atomic mass is 19.1. The molecule has 0 aromatic heterocycles. The average molecular weight is 298 g/mol. The van der Waals surface area contributed by atoms with Crippen LogP contribution in [0.5, 0.6) is 5.75 Å². The molecule has 1 aromatic carbocycles. The van der Waals surface area contributed by atoms with Gasteiger partial charge in [0.1, 0.15) is 0 Å². The molecule has 1 rings (SSSR count). The van der Waals surface area contributed by atoms with Gasteiger partial charge in [-0.2, -0.15) is 0 Å². The standard InChI is InChI=1S/C15H23FN2O3/c1-15(20,11-18(2)3)10-17-14(19)8-9-21-13-7-5-4-6-12(13)16/h4-7,20H,8-11H2,1-3H3,(H,17,19). The van der Waals surface area contributed by atoms with Gasteiger partial charge >= 0.3 is 0 Å². The Labute approximate surface area is 124 Å². The summed E-state index contributed by atoms with van der Waals surface area (Å²) in [6.07, 6.45) is 0.104. The minimum absolute atomic E-state index is 0.0859. The predicted molar refractivity (Wildman–Crippen MR) is 78.7 cm³/mol. The summed E-state index contributed by atoms with van der Waals surface area (Å²) in [6, 6.07) is 6.04. The molecule has 0 aliphatic carbocycles. The fourth-order valence-electron chi connectivity index (χ4n) is 1.93. The highest BCUT2D eigenvalue weighted by Gasteiger charge is 2.21. The third-order valence-electron chi connectivity index (χ3n) is 2.75. The van der Waals surface area contributed by atoms with Crippen molar-refractivity contribution in [3.63, 3.8) is 0 Å². The van der Waals surface area contributed by atoms with Gasteiger partial charge < -0.3 is 20.1 Å². The number of benzene rings is 1. The number of nitrogens with one attached hydrogen (secondary N) is 1. The van der Waals surface area contributed by atoms with Gasteiger partial charge in [0.2, 0.25) is 5.91 Å². The van der Waals surface area contributed by atoms with Crippen LogP contribution >= 0.6 is 0 Å². The summed E-state index contributed by atoms with van der Waals surface area (Å²) >= 11 is 0. The Hall–Kier alpha value is -1.66. The Kier molecular flexibility index (Phi) is 6.58. The number of carbonyl (C=O) groups is 1. The minimum atomic E-state index is -0.994. The summed E-state index contributed by atoms with van der Waals surface area (Å²) in [5.74, 6) is -0.568. The zero-order chi connectivity index (χ0) is 15.9. The molecular weight excluding hydrogens is 275 g/mol. The van der Waals surface area contributed by atoms with Gasteiger partial charge in [0, 0.05) is 13.1 Å². The Bertz CT molecular complexity index is 464. The molecule has 0 spiro atoms. The maximum Gasteiger partial charge on any atom is 0.223 e. The van der Waals surface area contributed by atoms with Crippen LogP contribution in [0.25, 0.3) is 0 Å². The van der Waals surface area contributed by atoms with E-state index in [1.807, 2.05) is 19.0 Å². The van der Waals surface area contributed by atoms with Gasteiger partial charge in [0.05, 0.1) is 18.6 Å². The zero-order valence-corrected chi connectivity index (χ0v) is 12.7. The predicted octanol–water partition coefficient (Wildman–Crippen LogP) is 1.02. The summed E-state index contributed by atoms with van der Waals surface area (Å²) in [7, 11) is 3.69. The molecule has 1 amide bonds. The summed E-state index contributed by atoms with van der Waals surface area (Å²) in [5.41, 5.74) is -0.994. The first-order chi connectivity index (χ1) is 9.80. The van der Waals surface area contributed by atoms with Crippen molar-refractivity contribution in [2.24, 2.45) is 0 Å². The van der Waals surface area contributed by atoms with Gasteiger partial charge in [-0.05, 0) is 33.2 Å². The lowest BCUT2D eigenvalue weighted by Crippen LogP contribution is -2.47. The van der Waals surface area contributed by atoms with Crippen LogP contribution in [0.2, 0.25) is 0 Å². The maximum atomic E-state index is 13.3. The Morgan fingerprint density at radius 2 is 2.10 bits per heavy atom. The molecule has 6 heteroatoms. The van der Waals surface area contributed by atoms with E-state index in [1.165, 1.54) is 12.1 Å². The van der Waals surface area contributed by atoms with Crippen LogP contribution in [0, 0.1) is 5.82 Å². The van der Waals surface area contributed by atoms with E-state index < -0.39 is 11.4 Å². The SMILES string of the molecule is CN(C)CC(C)(O)CNC(=O)CCOc1ccccc1F. The number of rotatable bonds is 8. The van der Waals surface area contributed by atoms with Crippen LogP contribution in [0.4, 0.5) is 4.39 Å². The lowest BCUT2D eigenvalue weighted by molar-refractivity contribution is -0.122. The molecule has 0 saturated heterocycles. The molecule has 0 aliphatic heterocycles. The van der Waals surface area contributed by atoms with E-state index in [9.17, 15) is 14.3 Å². The molecule has 1 unspecified atom stereocenters. The Morgan fingerprint density at radius 3 is 2.71 bits per heavy atom. The third kappa shape index (κ3) is 7.06. The smallest absolute Gasteiger partial charge is 0.223 e. The van der Waals surface area contributed by atoms with Gasteiger partial charge in [0.25, 0.3) is 0 Å². The number of likely N-dealkylation sites (N-methyl/N-ethyl adjacent to an activating group) is 1. The molecule has 1 atom stereocenters. The molecule has 21 heavy (non-hydrogen) atoms. The molecule has 0 heterocycles. The number of hydrogen-bond acceptors (Lipinski definition) is 4. The van der Waals surface area contributed by atoms with E-state index in [4.69, 9.17) is 4.74 Å². The second-order valence-corrected chi connectivity index (χ2v) is 5.54. The van der Waals surface area contributed by atoms with E-state index >= 15 is 0 Å². The topological polar surface area (TPSA) is 61.8 Å². The number of aliphatic hydroxyl groups is 1. The summed E-state index contributed by atoms with van der Waals surface area (Å²) in [4.78, 5) is 13.5. The van der Waals surface area contributed by atoms with E-state index in [2.05, 4.69) is 5.32 Å². The van der Waals surface area contributed by atoms with Crippen LogP contribution in [0.15, 0.2) is 24.3 Å². The molecule has 0 fully saturated rings. The lowest BCUT2D eigenvalue weighted by Gasteiger charge is -2.27. The van der Waals surface area contributed by atoms with Gasteiger partial charge in [-0.15, -0.1) is 0 Å². The van der Waals surface area contributed by atoms with Crippen molar-refractivity contribution in [3.05, 3.63) is 30.1 Å². The van der Waals surface area contributed by atoms with Gasteiger partial charge in [0.15, 0.2) is 11.6 Å². The number of carbonyl (C=O) groups excluding carboxylic acids is 1. The van der Waals surface area contributed by atoms with E-state index in [1.54, 1.807) is 19.1 Å². The van der Waals surface area contributed by atoms with E-state index in [0.29, 0.717) is 6.54 Å². The van der Waals surface area contributed by atoms with Crippen molar-refractivity contribution in [3.8, 4) is 5.75 Å². The van der Waals surface area contributed by atoms with Crippen molar-refractivity contribution < 1.29 is 19.0 Å². The zero-order valence-electron chi connectivity index (χ0n) is 12.7. The Balaban J connectivity index is 2.27. The van der Waals surface area contributed by atoms with Gasteiger partial charge in [-0.1, -0.05) is 12.1 Å². The van der Waals surface area contributed by atoms with Crippen LogP contribution in [0.1, 0.15) is 13.3 Å². The molecule has 0 radical (unpaired) electrons. The molecular formula is C15H23FN2O3. The van der Waals surface area contributed by atoms with Crippen LogP contribution in [-0.4, -0.2) is 55.3 Å². The molecule has 118 valence electrons. The molecule has 2 N–H and O–H groups in total. The second-order valence-electron chi connectivity index (χ2n) is 5.54. The normalized spacial score (nSPS) is 13.8. The molecule has 1 aromatic rings. The fraction of sp³-hybridized carbons (Fsp3) is 0.533. The summed E-state index contributed by atoms with van der Waals surface area (Å²) in [6.45, 7) is 2.34. The maximum absolute atomic E-state index is 13.3. The third-order valence-corrected chi connectivity index (χ3v) is 2.75. The largest absolute Gasteiger partial charge is 0.490 e.